The number of hydrogen-bond donors (Lipinski definition) is 2. The van der Waals surface area contributed by atoms with E-state index in [1.807, 2.05) is 0 Å². The maximum Gasteiger partial charge on any atom is 0.242 e. The van der Waals surface area contributed by atoms with Crippen LogP contribution in [0, 0.1) is 0 Å². The minimum atomic E-state index is -0.442. The molecule has 0 fully saturated rings. The van der Waals surface area contributed by atoms with Crippen molar-refractivity contribution in [1.82, 2.24) is 10.6 Å². The highest BCUT2D eigenvalue weighted by atomic mass is 16.2. The Balaban J connectivity index is 3.72. The van der Waals surface area contributed by atoms with Crippen LogP contribution in [0.3, 0.4) is 0 Å². The van der Waals surface area contributed by atoms with Crippen LogP contribution in [0.4, 0.5) is 0 Å². The van der Waals surface area contributed by atoms with Gasteiger partial charge >= 0.3 is 0 Å². The van der Waals surface area contributed by atoms with Crippen molar-refractivity contribution in [2.75, 3.05) is 7.05 Å². The number of hydrogen-bond acceptors (Lipinski definition) is 2. The van der Waals surface area contributed by atoms with E-state index in [0.29, 0.717) is 0 Å². The van der Waals surface area contributed by atoms with Gasteiger partial charge in [-0.05, 0) is 6.92 Å². The lowest BCUT2D eigenvalue weighted by Crippen LogP contribution is -2.42. The number of rotatable bonds is 2. The maximum absolute atomic E-state index is 10.7. The number of carbonyl (C=O) groups excluding carboxylic acids is 2. The van der Waals surface area contributed by atoms with Crippen molar-refractivity contribution in [3.8, 4) is 0 Å². The standard InChI is InChI=1S/C6H12N2O2/c1-4(6(10)7-3)8-5(2)9/h4H,1-3H3,(H,7,10)(H,8,9)/t4-/m0/s1/i7+1,8+1. The first-order chi connectivity index (χ1) is 4.57. The van der Waals surface area contributed by atoms with Crippen LogP contribution >= 0.6 is 0 Å². The third-order valence-electron chi connectivity index (χ3n) is 1.06. The van der Waals surface area contributed by atoms with Gasteiger partial charge < -0.3 is 10.6 Å². The van der Waals surface area contributed by atoms with Crippen LogP contribution in [0.15, 0.2) is 0 Å². The second-order valence-electron chi connectivity index (χ2n) is 2.04. The quantitative estimate of drug-likeness (QED) is 0.504. The molecular weight excluding hydrogens is 134 g/mol. The zero-order chi connectivity index (χ0) is 8.15. The van der Waals surface area contributed by atoms with E-state index < -0.39 is 6.04 Å². The third kappa shape index (κ3) is 3.06. The summed E-state index contributed by atoms with van der Waals surface area (Å²) in [5, 5.41) is 4.86. The summed E-state index contributed by atoms with van der Waals surface area (Å²) in [4.78, 5) is 21.1. The SMILES string of the molecule is C[15NH]C(=O)[C@H](C)[15NH]C(C)=O. The van der Waals surface area contributed by atoms with Crippen LogP contribution in [0.5, 0.6) is 0 Å². The summed E-state index contributed by atoms with van der Waals surface area (Å²) in [6, 6.07) is -0.442. The Bertz CT molecular complexity index is 145. The highest BCUT2D eigenvalue weighted by molar-refractivity contribution is 5.86. The minimum Gasteiger partial charge on any atom is -0.357 e. The molecule has 58 valence electrons. The Morgan fingerprint density at radius 3 is 2.20 bits per heavy atom. The fourth-order valence-electron chi connectivity index (χ4n) is 0.587. The van der Waals surface area contributed by atoms with Gasteiger partial charge in [-0.2, -0.15) is 0 Å². The largest absolute Gasteiger partial charge is 0.357 e. The van der Waals surface area contributed by atoms with Gasteiger partial charge in [-0.1, -0.05) is 0 Å². The molecular formula is C6H12N2O2. The summed E-state index contributed by atoms with van der Waals surface area (Å²) in [6.07, 6.45) is 0. The summed E-state index contributed by atoms with van der Waals surface area (Å²) in [7, 11) is 1.53. The molecule has 4 heteroatoms. The van der Waals surface area contributed by atoms with Crippen molar-refractivity contribution >= 4 is 11.8 Å². The van der Waals surface area contributed by atoms with Crippen LogP contribution in [0.1, 0.15) is 13.8 Å². The molecule has 0 aromatic heterocycles. The molecule has 0 aliphatic heterocycles. The Morgan fingerprint density at radius 1 is 1.40 bits per heavy atom. The van der Waals surface area contributed by atoms with Gasteiger partial charge in [-0.15, -0.1) is 0 Å². The van der Waals surface area contributed by atoms with Crippen molar-refractivity contribution in [2.24, 2.45) is 0 Å². The molecule has 10 heavy (non-hydrogen) atoms. The molecule has 0 aliphatic carbocycles. The summed E-state index contributed by atoms with van der Waals surface area (Å²) in [6.45, 7) is 3.00. The fraction of sp³-hybridized carbons (Fsp3) is 0.667. The molecule has 4 nitrogen and oxygen atoms in total. The molecule has 0 saturated carbocycles. The first kappa shape index (κ1) is 8.94. The third-order valence-corrected chi connectivity index (χ3v) is 1.06. The highest BCUT2D eigenvalue weighted by Crippen LogP contribution is 1.79. The average molecular weight is 146 g/mol. The van der Waals surface area contributed by atoms with E-state index in [4.69, 9.17) is 0 Å². The molecule has 0 saturated heterocycles. The van der Waals surface area contributed by atoms with Crippen LogP contribution in [-0.2, 0) is 9.59 Å². The van der Waals surface area contributed by atoms with Crippen LogP contribution in [0.25, 0.3) is 0 Å². The van der Waals surface area contributed by atoms with Gasteiger partial charge in [0.05, 0.1) is 0 Å². The predicted octanol–water partition coefficient (Wildman–Crippen LogP) is -0.743. The van der Waals surface area contributed by atoms with E-state index in [2.05, 4.69) is 10.6 Å². The first-order valence-electron chi connectivity index (χ1n) is 3.06. The Kier molecular flexibility index (Phi) is 3.46. The molecule has 2 amide bonds. The molecule has 0 heterocycles. The van der Waals surface area contributed by atoms with Crippen molar-refractivity contribution in [1.29, 1.82) is 0 Å². The zero-order valence-corrected chi connectivity index (χ0v) is 6.39. The molecule has 0 spiro atoms. The molecule has 0 rings (SSSR count). The number of likely N-dealkylation sites (N-methyl/N-ethyl adjacent to an activating group) is 1. The zero-order valence-electron chi connectivity index (χ0n) is 6.39. The van der Waals surface area contributed by atoms with Gasteiger partial charge in [0, 0.05) is 14.0 Å². The Morgan fingerprint density at radius 2 is 1.90 bits per heavy atom. The Hall–Kier alpha value is -1.06. The van der Waals surface area contributed by atoms with Crippen LogP contribution in [-0.4, -0.2) is 24.9 Å². The summed E-state index contributed by atoms with van der Waals surface area (Å²) in [5.74, 6) is -0.383. The lowest BCUT2D eigenvalue weighted by molar-refractivity contribution is -0.127. The molecule has 0 aliphatic rings. The molecule has 2 N–H and O–H groups in total. The topological polar surface area (TPSA) is 58.2 Å². The lowest BCUT2D eigenvalue weighted by Gasteiger charge is -2.09. The second kappa shape index (κ2) is 3.87. The summed E-state index contributed by atoms with van der Waals surface area (Å²) < 4.78 is 0. The van der Waals surface area contributed by atoms with Crippen molar-refractivity contribution in [3.05, 3.63) is 0 Å². The van der Waals surface area contributed by atoms with Crippen molar-refractivity contribution in [2.45, 2.75) is 19.9 Å². The monoisotopic (exact) mass is 146 g/mol. The van der Waals surface area contributed by atoms with Crippen molar-refractivity contribution in [3.63, 3.8) is 0 Å². The maximum atomic E-state index is 10.7. The van der Waals surface area contributed by atoms with Gasteiger partial charge in [-0.25, -0.2) is 0 Å². The minimum absolute atomic E-state index is 0.185. The van der Waals surface area contributed by atoms with Gasteiger partial charge in [0.15, 0.2) is 0 Å². The molecule has 1 atom stereocenters. The summed E-state index contributed by atoms with van der Waals surface area (Å²) in [5.41, 5.74) is 0. The second-order valence-corrected chi connectivity index (χ2v) is 2.04. The van der Waals surface area contributed by atoms with Gasteiger partial charge in [0.1, 0.15) is 6.04 Å². The van der Waals surface area contributed by atoms with Crippen molar-refractivity contribution < 1.29 is 9.59 Å². The van der Waals surface area contributed by atoms with E-state index in [9.17, 15) is 9.59 Å². The Labute approximate surface area is 60.0 Å². The number of carbonyl (C=O) groups is 2. The van der Waals surface area contributed by atoms with Gasteiger partial charge in [0.2, 0.25) is 11.8 Å². The predicted molar refractivity (Wildman–Crippen MR) is 37.3 cm³/mol. The fourth-order valence-corrected chi connectivity index (χ4v) is 0.587. The molecule has 0 aromatic carbocycles. The lowest BCUT2D eigenvalue weighted by atomic mass is 10.4. The highest BCUT2D eigenvalue weighted by Gasteiger charge is 2.09. The smallest absolute Gasteiger partial charge is 0.242 e. The first-order valence-corrected chi connectivity index (χ1v) is 3.06. The molecule has 0 bridgehead atoms. The van der Waals surface area contributed by atoms with E-state index in [1.54, 1.807) is 6.92 Å². The molecule has 0 radical (unpaired) electrons. The normalized spacial score (nSPS) is 11.9. The number of amides is 2. The molecule has 0 unspecified atom stereocenters. The van der Waals surface area contributed by atoms with E-state index >= 15 is 0 Å². The van der Waals surface area contributed by atoms with Gasteiger partial charge in [-0.3, -0.25) is 9.59 Å². The summed E-state index contributed by atoms with van der Waals surface area (Å²) >= 11 is 0. The van der Waals surface area contributed by atoms with Crippen LogP contribution in [0.2, 0.25) is 0 Å². The van der Waals surface area contributed by atoms with E-state index in [1.165, 1.54) is 14.0 Å². The van der Waals surface area contributed by atoms with Gasteiger partial charge in [0.25, 0.3) is 0 Å². The molecule has 0 aromatic rings. The van der Waals surface area contributed by atoms with E-state index in [-0.39, 0.29) is 11.8 Å². The van der Waals surface area contributed by atoms with E-state index in [0.717, 1.165) is 0 Å². The van der Waals surface area contributed by atoms with Crippen LogP contribution < -0.4 is 10.6 Å². The number of nitrogens with one attached hydrogen (secondary N) is 2. The average Bonchev–Trinajstić information content (AvgIpc) is 1.85.